The molecule has 2 fully saturated rings. The van der Waals surface area contributed by atoms with E-state index in [0.717, 1.165) is 19.6 Å². The number of carbonyl (C=O) groups excluding carboxylic acids is 1. The van der Waals surface area contributed by atoms with Gasteiger partial charge in [0.2, 0.25) is 15.9 Å². The van der Waals surface area contributed by atoms with Crippen LogP contribution in [0.25, 0.3) is 0 Å². The molecule has 0 bridgehead atoms. The molecular weight excluding hydrogens is 444 g/mol. The van der Waals surface area contributed by atoms with Crippen molar-refractivity contribution in [2.75, 3.05) is 39.3 Å². The third kappa shape index (κ3) is 5.40. The summed E-state index contributed by atoms with van der Waals surface area (Å²) in [6.07, 6.45) is 0.963. The van der Waals surface area contributed by atoms with Gasteiger partial charge in [-0.2, -0.15) is 4.31 Å². The van der Waals surface area contributed by atoms with Gasteiger partial charge in [0.25, 0.3) is 5.69 Å². The van der Waals surface area contributed by atoms with Crippen molar-refractivity contribution in [1.82, 2.24) is 14.1 Å². The Balaban J connectivity index is 1.28. The fraction of sp³-hybridized carbons (Fsp3) is 0.435. The predicted molar refractivity (Wildman–Crippen MR) is 123 cm³/mol. The Morgan fingerprint density at radius 2 is 1.52 bits per heavy atom. The molecule has 0 unspecified atom stereocenters. The van der Waals surface area contributed by atoms with Crippen LogP contribution in [0.3, 0.4) is 0 Å². The molecule has 10 heteroatoms. The second kappa shape index (κ2) is 9.98. The van der Waals surface area contributed by atoms with Crippen molar-refractivity contribution < 1.29 is 18.1 Å². The molecule has 2 aromatic rings. The summed E-state index contributed by atoms with van der Waals surface area (Å²) < 4.78 is 27.1. The Hall–Kier alpha value is -2.82. The zero-order valence-electron chi connectivity index (χ0n) is 18.4. The molecule has 2 aliphatic rings. The van der Waals surface area contributed by atoms with Crippen molar-refractivity contribution in [3.63, 3.8) is 0 Å². The van der Waals surface area contributed by atoms with Crippen LogP contribution in [0, 0.1) is 16.0 Å². The van der Waals surface area contributed by atoms with E-state index < -0.39 is 14.9 Å². The summed E-state index contributed by atoms with van der Waals surface area (Å²) >= 11 is 0. The van der Waals surface area contributed by atoms with E-state index in [2.05, 4.69) is 17.0 Å². The number of piperazine rings is 1. The van der Waals surface area contributed by atoms with Gasteiger partial charge < -0.3 is 4.90 Å². The largest absolute Gasteiger partial charge is 0.340 e. The van der Waals surface area contributed by atoms with Crippen LogP contribution in [0.1, 0.15) is 18.4 Å². The van der Waals surface area contributed by atoms with Gasteiger partial charge in [-0.25, -0.2) is 8.42 Å². The normalized spacial score (nSPS) is 18.8. The highest BCUT2D eigenvalue weighted by atomic mass is 32.2. The number of nitro groups is 1. The van der Waals surface area contributed by atoms with Gasteiger partial charge in [0, 0.05) is 63.9 Å². The van der Waals surface area contributed by atoms with Gasteiger partial charge >= 0.3 is 0 Å². The minimum absolute atomic E-state index is 0.0346. The minimum Gasteiger partial charge on any atom is -0.340 e. The highest BCUT2D eigenvalue weighted by Gasteiger charge is 2.34. The Bertz CT molecular complexity index is 1080. The van der Waals surface area contributed by atoms with Gasteiger partial charge in [-0.05, 0) is 30.5 Å². The zero-order valence-corrected chi connectivity index (χ0v) is 19.2. The maximum atomic E-state index is 13.0. The fourth-order valence-corrected chi connectivity index (χ4v) is 5.93. The van der Waals surface area contributed by atoms with Crippen molar-refractivity contribution in [3.8, 4) is 0 Å². The van der Waals surface area contributed by atoms with Crippen LogP contribution in [-0.4, -0.2) is 72.6 Å². The van der Waals surface area contributed by atoms with Gasteiger partial charge in [-0.1, -0.05) is 30.3 Å². The molecular formula is C23H28N4O5S. The van der Waals surface area contributed by atoms with Gasteiger partial charge in [0.1, 0.15) is 0 Å². The Morgan fingerprint density at radius 1 is 0.909 bits per heavy atom. The Kier molecular flexibility index (Phi) is 7.06. The highest BCUT2D eigenvalue weighted by molar-refractivity contribution is 7.89. The number of amides is 1. The van der Waals surface area contributed by atoms with E-state index in [1.165, 1.54) is 34.1 Å². The van der Waals surface area contributed by atoms with Gasteiger partial charge in [0.15, 0.2) is 0 Å². The molecule has 9 nitrogen and oxygen atoms in total. The van der Waals surface area contributed by atoms with Crippen LogP contribution < -0.4 is 0 Å². The Labute approximate surface area is 193 Å². The maximum absolute atomic E-state index is 13.0. The topological polar surface area (TPSA) is 104 Å². The lowest BCUT2D eigenvalue weighted by atomic mass is 9.96. The summed E-state index contributed by atoms with van der Waals surface area (Å²) in [6.45, 7) is 4.44. The first-order valence-electron chi connectivity index (χ1n) is 11.1. The summed E-state index contributed by atoms with van der Waals surface area (Å²) in [6, 6.07) is 15.2. The van der Waals surface area contributed by atoms with Crippen LogP contribution in [-0.2, 0) is 21.4 Å². The van der Waals surface area contributed by atoms with Crippen LogP contribution in [0.2, 0.25) is 0 Å². The molecule has 0 radical (unpaired) electrons. The van der Waals surface area contributed by atoms with E-state index in [-0.39, 0.29) is 35.5 Å². The molecule has 0 spiro atoms. The van der Waals surface area contributed by atoms with Gasteiger partial charge in [0.05, 0.1) is 9.82 Å². The quantitative estimate of drug-likeness (QED) is 0.472. The number of benzene rings is 2. The molecule has 0 saturated carbocycles. The molecule has 0 atom stereocenters. The molecule has 2 saturated heterocycles. The number of non-ortho nitro benzene ring substituents is 1. The number of hydrogen-bond acceptors (Lipinski definition) is 6. The number of nitrogens with zero attached hydrogens (tertiary/aromatic N) is 4. The second-order valence-corrected chi connectivity index (χ2v) is 10.5. The van der Waals surface area contributed by atoms with Crippen molar-refractivity contribution in [2.24, 2.45) is 5.92 Å². The van der Waals surface area contributed by atoms with E-state index in [4.69, 9.17) is 0 Å². The monoisotopic (exact) mass is 472 g/mol. The standard InChI is InChI=1S/C23H28N4O5S/c28-23(25-16-14-24(15-17-25)18-19-4-2-1-3-5-19)20-10-12-26(13-11-20)33(31,32)22-8-6-21(7-9-22)27(29)30/h1-9,20H,10-18H2. The molecule has 2 heterocycles. The average Bonchev–Trinajstić information content (AvgIpc) is 2.85. The lowest BCUT2D eigenvalue weighted by molar-refractivity contribution is -0.384. The molecule has 176 valence electrons. The number of sulfonamides is 1. The van der Waals surface area contributed by atoms with E-state index >= 15 is 0 Å². The lowest BCUT2D eigenvalue weighted by Crippen LogP contribution is -2.51. The predicted octanol–water partition coefficient (Wildman–Crippen LogP) is 2.34. The summed E-state index contributed by atoms with van der Waals surface area (Å²) in [4.78, 5) is 27.6. The number of piperidine rings is 1. The zero-order chi connectivity index (χ0) is 23.4. The van der Waals surface area contributed by atoms with Crippen LogP contribution in [0.4, 0.5) is 5.69 Å². The van der Waals surface area contributed by atoms with Crippen molar-refractivity contribution in [1.29, 1.82) is 0 Å². The van der Waals surface area contributed by atoms with E-state index in [0.29, 0.717) is 25.9 Å². The van der Waals surface area contributed by atoms with Crippen LogP contribution in [0.15, 0.2) is 59.5 Å². The molecule has 1 amide bonds. The summed E-state index contributed by atoms with van der Waals surface area (Å²) in [5.41, 5.74) is 1.11. The van der Waals surface area contributed by atoms with Gasteiger partial charge in [-0.3, -0.25) is 19.8 Å². The van der Waals surface area contributed by atoms with Crippen molar-refractivity contribution in [2.45, 2.75) is 24.3 Å². The number of carbonyl (C=O) groups is 1. The van der Waals surface area contributed by atoms with E-state index in [1.54, 1.807) is 0 Å². The van der Waals surface area contributed by atoms with E-state index in [9.17, 15) is 23.3 Å². The molecule has 4 rings (SSSR count). The fourth-order valence-electron chi connectivity index (χ4n) is 4.46. The number of rotatable bonds is 6. The highest BCUT2D eigenvalue weighted by Crippen LogP contribution is 2.26. The molecule has 0 N–H and O–H groups in total. The van der Waals surface area contributed by atoms with E-state index in [1.807, 2.05) is 23.1 Å². The van der Waals surface area contributed by atoms with Crippen LogP contribution >= 0.6 is 0 Å². The molecule has 2 aromatic carbocycles. The first-order valence-corrected chi connectivity index (χ1v) is 12.6. The first-order chi connectivity index (χ1) is 15.8. The number of nitro benzene ring substituents is 1. The molecule has 0 aliphatic carbocycles. The SMILES string of the molecule is O=C(C1CCN(S(=O)(=O)c2ccc([N+](=O)[O-])cc2)CC1)N1CCN(Cc2ccccc2)CC1. The molecule has 2 aliphatic heterocycles. The average molecular weight is 473 g/mol. The molecule has 0 aromatic heterocycles. The summed E-state index contributed by atoms with van der Waals surface area (Å²) in [5.74, 6) is -0.0595. The second-order valence-electron chi connectivity index (χ2n) is 8.52. The summed E-state index contributed by atoms with van der Waals surface area (Å²) in [7, 11) is -3.74. The minimum atomic E-state index is -3.74. The summed E-state index contributed by atoms with van der Waals surface area (Å²) in [5, 5.41) is 10.8. The first kappa shape index (κ1) is 23.3. The lowest BCUT2D eigenvalue weighted by Gasteiger charge is -2.38. The van der Waals surface area contributed by atoms with Crippen LogP contribution in [0.5, 0.6) is 0 Å². The Morgan fingerprint density at radius 3 is 2.09 bits per heavy atom. The number of hydrogen-bond donors (Lipinski definition) is 0. The van der Waals surface area contributed by atoms with Gasteiger partial charge in [-0.15, -0.1) is 0 Å². The third-order valence-corrected chi connectivity index (χ3v) is 8.33. The van der Waals surface area contributed by atoms with Crippen molar-refractivity contribution in [3.05, 3.63) is 70.3 Å². The van der Waals surface area contributed by atoms with Crippen molar-refractivity contribution >= 4 is 21.6 Å². The third-order valence-electron chi connectivity index (χ3n) is 6.42. The maximum Gasteiger partial charge on any atom is 0.269 e. The smallest absolute Gasteiger partial charge is 0.269 e. The molecule has 33 heavy (non-hydrogen) atoms.